The molecule has 0 bridgehead atoms. The molecule has 0 aliphatic carbocycles. The monoisotopic (exact) mass is 538 g/mol. The summed E-state index contributed by atoms with van der Waals surface area (Å²) in [6.45, 7) is 7.61. The number of unbranched alkanes of at least 4 members (excludes halogenated alkanes) is 1. The number of aromatic nitrogens is 1. The summed E-state index contributed by atoms with van der Waals surface area (Å²) < 4.78 is 11.0. The van der Waals surface area contributed by atoms with E-state index in [1.165, 1.54) is 6.92 Å². The molecule has 210 valence electrons. The standard InChI is InChI=1S/C29H38N4O6/c1-4-6-13-33(22-8-7-12-30-16-22)27(35)18-32-17-23(21-9-10-25-26(15-21)39-19-38-25)28(29(36)37)24(32)11-14-31(5-2)20(3)34/h7-10,12,15-16,23-24,28H,4-6,11,13-14,17-19H2,1-3H3,(H,36,37)/t23-,24+,28?/m1/s1. The van der Waals surface area contributed by atoms with Crippen LogP contribution in [0.3, 0.4) is 0 Å². The van der Waals surface area contributed by atoms with Crippen molar-refractivity contribution in [1.82, 2.24) is 14.8 Å². The Labute approximate surface area is 229 Å². The van der Waals surface area contributed by atoms with Crippen LogP contribution in [0.15, 0.2) is 42.7 Å². The Bertz CT molecular complexity index is 1160. The summed E-state index contributed by atoms with van der Waals surface area (Å²) in [5.74, 6) is -0.959. The van der Waals surface area contributed by atoms with Gasteiger partial charge < -0.3 is 24.4 Å². The third-order valence-electron chi connectivity index (χ3n) is 7.71. The number of carboxylic acid groups (broad SMARTS) is 1. The predicted octanol–water partition coefficient (Wildman–Crippen LogP) is 3.37. The highest BCUT2D eigenvalue weighted by atomic mass is 16.7. The zero-order valence-corrected chi connectivity index (χ0v) is 22.9. The first kappa shape index (κ1) is 28.4. The van der Waals surface area contributed by atoms with Gasteiger partial charge in [-0.2, -0.15) is 0 Å². The van der Waals surface area contributed by atoms with Gasteiger partial charge in [-0.1, -0.05) is 19.4 Å². The third-order valence-corrected chi connectivity index (χ3v) is 7.71. The molecule has 2 aromatic rings. The van der Waals surface area contributed by atoms with E-state index in [1.807, 2.05) is 36.1 Å². The molecule has 2 aliphatic rings. The largest absolute Gasteiger partial charge is 0.481 e. The quantitative estimate of drug-likeness (QED) is 0.438. The van der Waals surface area contributed by atoms with Gasteiger partial charge in [-0.05, 0) is 49.6 Å². The first-order valence-corrected chi connectivity index (χ1v) is 13.7. The Morgan fingerprint density at radius 1 is 1.13 bits per heavy atom. The van der Waals surface area contributed by atoms with Gasteiger partial charge >= 0.3 is 5.97 Å². The molecule has 4 rings (SSSR count). The second kappa shape index (κ2) is 12.9. The Hall–Kier alpha value is -3.66. The average Bonchev–Trinajstić information content (AvgIpc) is 3.54. The van der Waals surface area contributed by atoms with Crippen LogP contribution in [0.1, 0.15) is 51.5 Å². The highest BCUT2D eigenvalue weighted by molar-refractivity contribution is 5.94. The van der Waals surface area contributed by atoms with Gasteiger partial charge in [0.1, 0.15) is 0 Å². The Morgan fingerprint density at radius 3 is 2.59 bits per heavy atom. The molecule has 0 saturated carbocycles. The normalized spacial score (nSPS) is 20.1. The van der Waals surface area contributed by atoms with E-state index < -0.39 is 17.9 Å². The number of aliphatic carboxylic acids is 1. The van der Waals surface area contributed by atoms with Crippen molar-refractivity contribution in [2.45, 2.75) is 52.0 Å². The van der Waals surface area contributed by atoms with Crippen LogP contribution in [0.5, 0.6) is 11.5 Å². The van der Waals surface area contributed by atoms with Crippen molar-refractivity contribution < 1.29 is 29.0 Å². The zero-order valence-electron chi connectivity index (χ0n) is 22.9. The van der Waals surface area contributed by atoms with Gasteiger partial charge in [-0.3, -0.25) is 24.3 Å². The number of carbonyl (C=O) groups excluding carboxylic acids is 2. The van der Waals surface area contributed by atoms with E-state index in [-0.39, 0.29) is 31.1 Å². The van der Waals surface area contributed by atoms with Crippen LogP contribution in [0, 0.1) is 5.92 Å². The van der Waals surface area contributed by atoms with Gasteiger partial charge in [0.05, 0.1) is 24.3 Å². The van der Waals surface area contributed by atoms with Gasteiger partial charge in [0.25, 0.3) is 0 Å². The van der Waals surface area contributed by atoms with Gasteiger partial charge in [0, 0.05) is 51.3 Å². The molecular weight excluding hydrogens is 500 g/mol. The fourth-order valence-electron chi connectivity index (χ4n) is 5.65. The number of hydrogen-bond acceptors (Lipinski definition) is 7. The molecule has 3 atom stereocenters. The van der Waals surface area contributed by atoms with Crippen molar-refractivity contribution in [2.24, 2.45) is 5.92 Å². The van der Waals surface area contributed by atoms with E-state index in [0.717, 1.165) is 24.1 Å². The molecule has 10 nitrogen and oxygen atoms in total. The van der Waals surface area contributed by atoms with Crippen LogP contribution in [0.4, 0.5) is 5.69 Å². The van der Waals surface area contributed by atoms with Gasteiger partial charge in [0.2, 0.25) is 18.6 Å². The number of carboxylic acids is 1. The van der Waals surface area contributed by atoms with Crippen LogP contribution in [0.2, 0.25) is 0 Å². The summed E-state index contributed by atoms with van der Waals surface area (Å²) in [6, 6.07) is 8.77. The van der Waals surface area contributed by atoms with Gasteiger partial charge in [0.15, 0.2) is 11.5 Å². The van der Waals surface area contributed by atoms with Crippen LogP contribution in [0.25, 0.3) is 0 Å². The smallest absolute Gasteiger partial charge is 0.308 e. The highest BCUT2D eigenvalue weighted by Crippen LogP contribution is 2.42. The van der Waals surface area contributed by atoms with Crippen molar-refractivity contribution in [3.05, 3.63) is 48.3 Å². The number of anilines is 1. The number of pyridine rings is 1. The lowest BCUT2D eigenvalue weighted by Crippen LogP contribution is -2.46. The fourth-order valence-corrected chi connectivity index (χ4v) is 5.65. The van der Waals surface area contributed by atoms with Crippen molar-refractivity contribution in [1.29, 1.82) is 0 Å². The SMILES string of the molecule is CCCCN(C(=O)CN1C[C@H](c2ccc3c(c2)OCO3)C(C(=O)O)[C@@H]1CCN(CC)C(C)=O)c1cccnc1. The summed E-state index contributed by atoms with van der Waals surface area (Å²) in [4.78, 5) is 48.2. The van der Waals surface area contributed by atoms with Gasteiger partial charge in [-0.15, -0.1) is 0 Å². The van der Waals surface area contributed by atoms with Crippen LogP contribution < -0.4 is 14.4 Å². The van der Waals surface area contributed by atoms with Crippen molar-refractivity contribution in [3.8, 4) is 11.5 Å². The summed E-state index contributed by atoms with van der Waals surface area (Å²) in [5.41, 5.74) is 1.56. The molecule has 0 radical (unpaired) electrons. The minimum absolute atomic E-state index is 0.0559. The number of carbonyl (C=O) groups is 3. The maximum Gasteiger partial charge on any atom is 0.308 e. The Balaban J connectivity index is 1.63. The number of benzene rings is 1. The molecule has 39 heavy (non-hydrogen) atoms. The fraction of sp³-hybridized carbons (Fsp3) is 0.517. The molecule has 2 amide bonds. The van der Waals surface area contributed by atoms with E-state index in [1.54, 1.807) is 28.3 Å². The lowest BCUT2D eigenvalue weighted by molar-refractivity contribution is -0.143. The number of amides is 2. The Morgan fingerprint density at radius 2 is 1.92 bits per heavy atom. The number of likely N-dealkylation sites (tertiary alicyclic amines) is 1. The molecule has 1 saturated heterocycles. The predicted molar refractivity (Wildman–Crippen MR) is 146 cm³/mol. The minimum atomic E-state index is -0.918. The van der Waals surface area contributed by atoms with Crippen molar-refractivity contribution in [2.75, 3.05) is 44.4 Å². The van der Waals surface area contributed by atoms with Gasteiger partial charge in [-0.25, -0.2) is 0 Å². The molecule has 1 unspecified atom stereocenters. The number of fused-ring (bicyclic) bond motifs is 1. The second-order valence-corrected chi connectivity index (χ2v) is 10.1. The number of hydrogen-bond donors (Lipinski definition) is 1. The van der Waals surface area contributed by atoms with Crippen LogP contribution in [-0.4, -0.2) is 83.2 Å². The zero-order chi connectivity index (χ0) is 27.9. The van der Waals surface area contributed by atoms with Crippen LogP contribution >= 0.6 is 0 Å². The minimum Gasteiger partial charge on any atom is -0.481 e. The van der Waals surface area contributed by atoms with E-state index in [2.05, 4.69) is 11.9 Å². The molecule has 10 heteroatoms. The number of ether oxygens (including phenoxy) is 2. The molecule has 1 N–H and O–H groups in total. The topological polar surface area (TPSA) is 113 Å². The molecule has 1 aromatic heterocycles. The van der Waals surface area contributed by atoms with E-state index in [0.29, 0.717) is 44.1 Å². The van der Waals surface area contributed by atoms with E-state index >= 15 is 0 Å². The molecule has 1 aromatic carbocycles. The lowest BCUT2D eigenvalue weighted by Gasteiger charge is -2.31. The number of rotatable bonds is 12. The van der Waals surface area contributed by atoms with Crippen molar-refractivity contribution in [3.63, 3.8) is 0 Å². The molecule has 2 aliphatic heterocycles. The van der Waals surface area contributed by atoms with Crippen LogP contribution in [-0.2, 0) is 14.4 Å². The average molecular weight is 539 g/mol. The summed E-state index contributed by atoms with van der Waals surface area (Å²) in [5, 5.41) is 10.4. The first-order chi connectivity index (χ1) is 18.8. The molecule has 1 fully saturated rings. The molecule has 0 spiro atoms. The highest BCUT2D eigenvalue weighted by Gasteiger charge is 2.47. The van der Waals surface area contributed by atoms with E-state index in [9.17, 15) is 19.5 Å². The summed E-state index contributed by atoms with van der Waals surface area (Å²) in [6.07, 6.45) is 5.56. The molecular formula is C29H38N4O6. The maximum absolute atomic E-state index is 13.7. The van der Waals surface area contributed by atoms with E-state index in [4.69, 9.17) is 9.47 Å². The second-order valence-electron chi connectivity index (χ2n) is 10.1. The van der Waals surface area contributed by atoms with Crippen molar-refractivity contribution >= 4 is 23.5 Å². The third kappa shape index (κ3) is 6.50. The number of nitrogens with zero attached hydrogens (tertiary/aromatic N) is 4. The maximum atomic E-state index is 13.7. The lowest BCUT2D eigenvalue weighted by atomic mass is 9.84. The summed E-state index contributed by atoms with van der Waals surface area (Å²) in [7, 11) is 0. The first-order valence-electron chi connectivity index (χ1n) is 13.7. The Kier molecular flexibility index (Phi) is 9.40. The summed E-state index contributed by atoms with van der Waals surface area (Å²) >= 11 is 0. The molecule has 3 heterocycles.